The Balaban J connectivity index is 1.36. The number of methoxy groups -OCH3 is 1. The van der Waals surface area contributed by atoms with Crippen LogP contribution in [0.5, 0.6) is 5.75 Å². The van der Waals surface area contributed by atoms with E-state index in [1.54, 1.807) is 21.0 Å². The highest BCUT2D eigenvalue weighted by atomic mass is 16.5. The molecule has 2 aromatic rings. The summed E-state index contributed by atoms with van der Waals surface area (Å²) in [6.45, 7) is 5.38. The Labute approximate surface area is 206 Å². The Morgan fingerprint density at radius 3 is 2.34 bits per heavy atom. The van der Waals surface area contributed by atoms with Gasteiger partial charge in [0.1, 0.15) is 17.3 Å². The van der Waals surface area contributed by atoms with E-state index in [9.17, 15) is 14.4 Å². The first-order chi connectivity index (χ1) is 16.8. The first-order valence-electron chi connectivity index (χ1n) is 12.3. The molecule has 0 aromatic heterocycles. The first kappa shape index (κ1) is 24.6. The van der Waals surface area contributed by atoms with Gasteiger partial charge in [0.25, 0.3) is 5.91 Å². The van der Waals surface area contributed by atoms with Crippen LogP contribution in [0.15, 0.2) is 48.5 Å². The highest BCUT2D eigenvalue weighted by Gasteiger charge is 2.50. The molecule has 0 radical (unpaired) electrons. The average Bonchev–Trinajstić information content (AvgIpc) is 3.11. The lowest BCUT2D eigenvalue weighted by atomic mass is 9.93. The number of aryl methyl sites for hydroxylation is 1. The van der Waals surface area contributed by atoms with Gasteiger partial charge in [-0.1, -0.05) is 12.1 Å². The van der Waals surface area contributed by atoms with Gasteiger partial charge in [-0.05, 0) is 87.9 Å². The Kier molecular flexibility index (Phi) is 7.28. The van der Waals surface area contributed by atoms with Gasteiger partial charge in [0.2, 0.25) is 5.91 Å². The van der Waals surface area contributed by atoms with Crippen LogP contribution in [0.1, 0.15) is 45.1 Å². The zero-order chi connectivity index (χ0) is 25.0. The molecule has 2 aliphatic heterocycles. The van der Waals surface area contributed by atoms with Gasteiger partial charge in [-0.2, -0.15) is 0 Å². The number of nitrogens with zero attached hydrogens (tertiary/aromatic N) is 2. The highest BCUT2D eigenvalue weighted by molar-refractivity contribution is 6.11. The van der Waals surface area contributed by atoms with Crippen LogP contribution in [-0.4, -0.2) is 54.5 Å². The second-order valence-corrected chi connectivity index (χ2v) is 9.55. The molecule has 8 heteroatoms. The predicted molar refractivity (Wildman–Crippen MR) is 136 cm³/mol. The standard InChI is InChI=1S/C27H34N4O4/c1-19(24(32)28-21-9-11-22(12-10-21)30-17-5-4-6-18-30)31-25(33)27(2,29-26(31)34)16-15-20-7-13-23(35-3)14-8-20/h7-14,19H,4-6,15-18H2,1-3H3,(H,28,32)(H,29,34)/t19-,27-/m1/s1. The van der Waals surface area contributed by atoms with Crippen molar-refractivity contribution < 1.29 is 19.1 Å². The lowest BCUT2D eigenvalue weighted by molar-refractivity contribution is -0.136. The Morgan fingerprint density at radius 2 is 1.71 bits per heavy atom. The normalized spacial score (nSPS) is 21.0. The molecule has 2 heterocycles. The number of nitrogens with one attached hydrogen (secondary N) is 2. The smallest absolute Gasteiger partial charge is 0.325 e. The molecule has 2 N–H and O–H groups in total. The molecule has 2 atom stereocenters. The molecule has 2 fully saturated rings. The summed E-state index contributed by atoms with van der Waals surface area (Å²) in [5.41, 5.74) is 1.74. The topological polar surface area (TPSA) is 91.0 Å². The number of carbonyl (C=O) groups is 3. The summed E-state index contributed by atoms with van der Waals surface area (Å²) in [7, 11) is 1.61. The third kappa shape index (κ3) is 5.42. The van der Waals surface area contributed by atoms with E-state index >= 15 is 0 Å². The number of ether oxygens (including phenoxy) is 1. The summed E-state index contributed by atoms with van der Waals surface area (Å²) in [4.78, 5) is 42.2. The van der Waals surface area contributed by atoms with Crippen molar-refractivity contribution >= 4 is 29.2 Å². The number of amides is 4. The fourth-order valence-electron chi connectivity index (χ4n) is 4.69. The maximum atomic E-state index is 13.2. The van der Waals surface area contributed by atoms with Crippen LogP contribution in [0.2, 0.25) is 0 Å². The molecule has 0 spiro atoms. The second kappa shape index (κ2) is 10.4. The SMILES string of the molecule is COc1ccc(CC[C@@]2(C)NC(=O)N([C@H](C)C(=O)Nc3ccc(N4CCCCC4)cc3)C2=O)cc1. The predicted octanol–water partition coefficient (Wildman–Crippen LogP) is 3.96. The van der Waals surface area contributed by atoms with Gasteiger partial charge in [0.05, 0.1) is 7.11 Å². The lowest BCUT2D eigenvalue weighted by Crippen LogP contribution is -2.48. The second-order valence-electron chi connectivity index (χ2n) is 9.55. The molecule has 2 aliphatic rings. The number of piperidine rings is 1. The van der Waals surface area contributed by atoms with Crippen LogP contribution in [0.4, 0.5) is 16.2 Å². The van der Waals surface area contributed by atoms with Crippen molar-refractivity contribution in [1.82, 2.24) is 10.2 Å². The fraction of sp³-hybridized carbons (Fsp3) is 0.444. The third-order valence-electron chi connectivity index (χ3n) is 6.99. The van der Waals surface area contributed by atoms with E-state index in [-0.39, 0.29) is 5.91 Å². The molecule has 0 aliphatic carbocycles. The maximum absolute atomic E-state index is 13.2. The Hall–Kier alpha value is -3.55. The fourth-order valence-corrected chi connectivity index (χ4v) is 4.69. The molecule has 0 saturated carbocycles. The molecule has 35 heavy (non-hydrogen) atoms. The zero-order valence-electron chi connectivity index (χ0n) is 20.7. The number of urea groups is 1. The molecule has 186 valence electrons. The number of hydrogen-bond acceptors (Lipinski definition) is 5. The number of hydrogen-bond donors (Lipinski definition) is 2. The number of rotatable bonds is 8. The maximum Gasteiger partial charge on any atom is 0.325 e. The number of imide groups is 1. The number of anilines is 2. The summed E-state index contributed by atoms with van der Waals surface area (Å²) >= 11 is 0. The van der Waals surface area contributed by atoms with E-state index < -0.39 is 23.5 Å². The van der Waals surface area contributed by atoms with Crippen LogP contribution in [0.25, 0.3) is 0 Å². The number of carbonyl (C=O) groups excluding carboxylic acids is 3. The number of benzene rings is 2. The van der Waals surface area contributed by atoms with E-state index in [4.69, 9.17) is 4.74 Å². The van der Waals surface area contributed by atoms with Gasteiger partial charge in [0.15, 0.2) is 0 Å². The first-order valence-corrected chi connectivity index (χ1v) is 12.3. The zero-order valence-corrected chi connectivity index (χ0v) is 20.7. The minimum Gasteiger partial charge on any atom is -0.497 e. The minimum absolute atomic E-state index is 0.390. The summed E-state index contributed by atoms with van der Waals surface area (Å²) in [6, 6.07) is 13.8. The molecule has 8 nitrogen and oxygen atoms in total. The summed E-state index contributed by atoms with van der Waals surface area (Å²) in [5, 5.41) is 5.64. The van der Waals surface area contributed by atoms with E-state index in [2.05, 4.69) is 15.5 Å². The van der Waals surface area contributed by atoms with Crippen LogP contribution in [-0.2, 0) is 16.0 Å². The molecule has 4 amide bonds. The summed E-state index contributed by atoms with van der Waals surface area (Å²) in [6.07, 6.45) is 4.69. The van der Waals surface area contributed by atoms with E-state index in [1.165, 1.54) is 19.3 Å². The molecule has 0 unspecified atom stereocenters. The Bertz CT molecular complexity index is 1060. The van der Waals surface area contributed by atoms with Crippen molar-refractivity contribution in [3.63, 3.8) is 0 Å². The summed E-state index contributed by atoms with van der Waals surface area (Å²) < 4.78 is 5.18. The molecule has 2 saturated heterocycles. The molecule has 0 bridgehead atoms. The van der Waals surface area contributed by atoms with Gasteiger partial charge in [-0.3, -0.25) is 9.59 Å². The third-order valence-corrected chi connectivity index (χ3v) is 6.99. The minimum atomic E-state index is -1.07. The quantitative estimate of drug-likeness (QED) is 0.561. The Morgan fingerprint density at radius 1 is 1.06 bits per heavy atom. The van der Waals surface area contributed by atoms with Crippen LogP contribution < -0.4 is 20.3 Å². The monoisotopic (exact) mass is 478 g/mol. The van der Waals surface area contributed by atoms with Crippen molar-refractivity contribution in [2.75, 3.05) is 30.4 Å². The van der Waals surface area contributed by atoms with E-state index in [0.29, 0.717) is 18.5 Å². The average molecular weight is 479 g/mol. The molecule has 4 rings (SSSR count). The van der Waals surface area contributed by atoms with Crippen molar-refractivity contribution in [1.29, 1.82) is 0 Å². The van der Waals surface area contributed by atoms with Crippen molar-refractivity contribution in [2.24, 2.45) is 0 Å². The van der Waals surface area contributed by atoms with Crippen LogP contribution in [0, 0.1) is 0 Å². The van der Waals surface area contributed by atoms with Gasteiger partial charge < -0.3 is 20.3 Å². The van der Waals surface area contributed by atoms with Gasteiger partial charge in [-0.15, -0.1) is 0 Å². The van der Waals surface area contributed by atoms with Gasteiger partial charge in [-0.25, -0.2) is 9.69 Å². The largest absolute Gasteiger partial charge is 0.497 e. The lowest BCUT2D eigenvalue weighted by Gasteiger charge is -2.29. The molecule has 2 aromatic carbocycles. The van der Waals surface area contributed by atoms with E-state index in [0.717, 1.165) is 35.0 Å². The van der Waals surface area contributed by atoms with E-state index in [1.807, 2.05) is 48.5 Å². The van der Waals surface area contributed by atoms with Crippen LogP contribution >= 0.6 is 0 Å². The highest BCUT2D eigenvalue weighted by Crippen LogP contribution is 2.27. The van der Waals surface area contributed by atoms with Crippen molar-refractivity contribution in [2.45, 2.75) is 57.5 Å². The molecular formula is C27H34N4O4. The van der Waals surface area contributed by atoms with Crippen molar-refractivity contribution in [3.8, 4) is 5.75 Å². The van der Waals surface area contributed by atoms with Gasteiger partial charge >= 0.3 is 6.03 Å². The van der Waals surface area contributed by atoms with Crippen molar-refractivity contribution in [3.05, 3.63) is 54.1 Å². The molecular weight excluding hydrogens is 444 g/mol. The van der Waals surface area contributed by atoms with Gasteiger partial charge in [0, 0.05) is 24.5 Å². The summed E-state index contributed by atoms with van der Waals surface area (Å²) in [5.74, 6) is -0.0323. The van der Waals surface area contributed by atoms with Crippen LogP contribution in [0.3, 0.4) is 0 Å².